The quantitative estimate of drug-likeness (QED) is 0.732. The minimum Gasteiger partial charge on any atom is -0.297 e. The van der Waals surface area contributed by atoms with Crippen molar-refractivity contribution in [2.24, 2.45) is 11.8 Å². The van der Waals surface area contributed by atoms with Crippen molar-refractivity contribution in [3.05, 3.63) is 35.9 Å². The zero-order valence-corrected chi connectivity index (χ0v) is 9.06. The van der Waals surface area contributed by atoms with Crippen LogP contribution in [0.25, 0.3) is 0 Å². The molecule has 1 aliphatic heterocycles. The maximum absolute atomic E-state index is 8.94. The topological polar surface area (TPSA) is 27.0 Å². The third-order valence-electron chi connectivity index (χ3n) is 3.10. The summed E-state index contributed by atoms with van der Waals surface area (Å²) < 4.78 is 0. The van der Waals surface area contributed by atoms with Gasteiger partial charge in [0.15, 0.2) is 0 Å². The molecule has 0 aliphatic carbocycles. The predicted octanol–water partition coefficient (Wildman–Crippen LogP) is 2.28. The first-order valence-electron chi connectivity index (χ1n) is 5.45. The minimum absolute atomic E-state index is 0.216. The van der Waals surface area contributed by atoms with Crippen molar-refractivity contribution in [1.82, 2.24) is 4.90 Å². The van der Waals surface area contributed by atoms with Gasteiger partial charge >= 0.3 is 0 Å². The Morgan fingerprint density at radius 2 is 2.07 bits per heavy atom. The molecule has 1 aromatic carbocycles. The monoisotopic (exact) mass is 200 g/mol. The molecule has 0 radical (unpaired) electrons. The predicted molar refractivity (Wildman–Crippen MR) is 60.0 cm³/mol. The lowest BCUT2D eigenvalue weighted by atomic mass is 10.0. The lowest BCUT2D eigenvalue weighted by molar-refractivity contribution is 0.318. The average molecular weight is 200 g/mol. The normalized spacial score (nSPS) is 26.4. The van der Waals surface area contributed by atoms with Crippen LogP contribution in [0.3, 0.4) is 0 Å². The van der Waals surface area contributed by atoms with Crippen molar-refractivity contribution >= 4 is 0 Å². The number of rotatable bonds is 2. The molecule has 2 heteroatoms. The van der Waals surface area contributed by atoms with E-state index in [0.29, 0.717) is 5.92 Å². The first-order chi connectivity index (χ1) is 7.29. The van der Waals surface area contributed by atoms with E-state index in [9.17, 15) is 0 Å². The van der Waals surface area contributed by atoms with Crippen LogP contribution in [0, 0.1) is 23.2 Å². The minimum atomic E-state index is 0.216. The van der Waals surface area contributed by atoms with Crippen LogP contribution in [0.4, 0.5) is 0 Å². The number of likely N-dealkylation sites (tertiary alicyclic amines) is 1. The maximum atomic E-state index is 8.94. The average Bonchev–Trinajstić information content (AvgIpc) is 2.60. The highest BCUT2D eigenvalue weighted by Crippen LogP contribution is 2.23. The number of benzene rings is 1. The van der Waals surface area contributed by atoms with Gasteiger partial charge in [0.25, 0.3) is 0 Å². The van der Waals surface area contributed by atoms with Gasteiger partial charge in [0.05, 0.1) is 12.0 Å². The number of nitriles is 1. The molecule has 0 saturated carbocycles. The Bertz CT molecular complexity index is 353. The molecule has 2 atom stereocenters. The second-order valence-corrected chi connectivity index (χ2v) is 4.39. The van der Waals surface area contributed by atoms with Gasteiger partial charge in [-0.05, 0) is 11.5 Å². The summed E-state index contributed by atoms with van der Waals surface area (Å²) in [6.07, 6.45) is 0. The summed E-state index contributed by atoms with van der Waals surface area (Å²) in [5, 5.41) is 8.94. The van der Waals surface area contributed by atoms with E-state index in [0.717, 1.165) is 19.6 Å². The summed E-state index contributed by atoms with van der Waals surface area (Å²) in [7, 11) is 0. The van der Waals surface area contributed by atoms with Gasteiger partial charge < -0.3 is 0 Å². The second kappa shape index (κ2) is 4.46. The Morgan fingerprint density at radius 3 is 2.67 bits per heavy atom. The molecule has 2 rings (SSSR count). The Hall–Kier alpha value is -1.33. The van der Waals surface area contributed by atoms with Crippen molar-refractivity contribution in [3.8, 4) is 6.07 Å². The largest absolute Gasteiger partial charge is 0.297 e. The molecule has 0 unspecified atom stereocenters. The Kier molecular flexibility index (Phi) is 3.03. The first kappa shape index (κ1) is 10.2. The molecule has 1 heterocycles. The van der Waals surface area contributed by atoms with E-state index in [1.165, 1.54) is 5.56 Å². The van der Waals surface area contributed by atoms with E-state index in [4.69, 9.17) is 5.26 Å². The van der Waals surface area contributed by atoms with Gasteiger partial charge in [-0.1, -0.05) is 37.3 Å². The van der Waals surface area contributed by atoms with Gasteiger partial charge in [-0.3, -0.25) is 4.90 Å². The highest BCUT2D eigenvalue weighted by Gasteiger charge is 2.28. The lowest BCUT2D eigenvalue weighted by Gasteiger charge is -2.14. The van der Waals surface area contributed by atoms with Crippen LogP contribution in [-0.4, -0.2) is 18.0 Å². The van der Waals surface area contributed by atoms with Crippen LogP contribution < -0.4 is 0 Å². The van der Waals surface area contributed by atoms with Crippen molar-refractivity contribution < 1.29 is 0 Å². The molecular formula is C13H16N2. The van der Waals surface area contributed by atoms with E-state index in [-0.39, 0.29) is 5.92 Å². The van der Waals surface area contributed by atoms with E-state index >= 15 is 0 Å². The third kappa shape index (κ3) is 2.37. The van der Waals surface area contributed by atoms with Crippen molar-refractivity contribution in [2.75, 3.05) is 13.1 Å². The fraction of sp³-hybridized carbons (Fsp3) is 0.462. The molecule has 1 saturated heterocycles. The van der Waals surface area contributed by atoms with E-state index < -0.39 is 0 Å². The molecule has 1 aliphatic rings. The van der Waals surface area contributed by atoms with E-state index in [1.54, 1.807) is 0 Å². The zero-order chi connectivity index (χ0) is 10.7. The lowest BCUT2D eigenvalue weighted by Crippen LogP contribution is -2.20. The number of nitrogens with zero attached hydrogens (tertiary/aromatic N) is 2. The van der Waals surface area contributed by atoms with Gasteiger partial charge in [0.1, 0.15) is 0 Å². The van der Waals surface area contributed by atoms with Crippen LogP contribution in [0.1, 0.15) is 12.5 Å². The molecule has 0 spiro atoms. The fourth-order valence-electron chi connectivity index (χ4n) is 2.21. The van der Waals surface area contributed by atoms with Gasteiger partial charge in [0.2, 0.25) is 0 Å². The van der Waals surface area contributed by atoms with Gasteiger partial charge in [-0.15, -0.1) is 0 Å². The SMILES string of the molecule is C[C@H]1CN(Cc2ccccc2)C[C@@H]1C#N. The highest BCUT2D eigenvalue weighted by molar-refractivity contribution is 5.15. The van der Waals surface area contributed by atoms with Gasteiger partial charge in [-0.2, -0.15) is 5.26 Å². The summed E-state index contributed by atoms with van der Waals surface area (Å²) in [6.45, 7) is 5.11. The first-order valence-corrected chi connectivity index (χ1v) is 5.45. The Morgan fingerprint density at radius 1 is 1.33 bits per heavy atom. The van der Waals surface area contributed by atoms with Crippen LogP contribution >= 0.6 is 0 Å². The standard InChI is InChI=1S/C13H16N2/c1-11-8-15(10-13(11)7-14)9-12-5-3-2-4-6-12/h2-6,11,13H,8-10H2,1H3/t11-,13-/m0/s1. The van der Waals surface area contributed by atoms with Gasteiger partial charge in [0, 0.05) is 19.6 Å². The van der Waals surface area contributed by atoms with Crippen molar-refractivity contribution in [1.29, 1.82) is 5.26 Å². The molecule has 1 fully saturated rings. The molecule has 0 aromatic heterocycles. The van der Waals surface area contributed by atoms with Crippen LogP contribution in [0.15, 0.2) is 30.3 Å². The van der Waals surface area contributed by atoms with E-state index in [1.807, 2.05) is 6.07 Å². The third-order valence-corrected chi connectivity index (χ3v) is 3.10. The fourth-order valence-corrected chi connectivity index (χ4v) is 2.21. The van der Waals surface area contributed by atoms with Crippen LogP contribution in [-0.2, 0) is 6.54 Å². The smallest absolute Gasteiger partial charge is 0.0672 e. The Labute approximate surface area is 91.1 Å². The zero-order valence-electron chi connectivity index (χ0n) is 9.06. The summed E-state index contributed by atoms with van der Waals surface area (Å²) in [4.78, 5) is 2.37. The molecule has 0 N–H and O–H groups in total. The molecule has 1 aromatic rings. The summed E-state index contributed by atoms with van der Waals surface area (Å²) in [5.74, 6) is 0.729. The molecule has 0 amide bonds. The molecule has 78 valence electrons. The van der Waals surface area contributed by atoms with E-state index in [2.05, 4.69) is 42.2 Å². The molecule has 0 bridgehead atoms. The number of hydrogen-bond donors (Lipinski definition) is 0. The Balaban J connectivity index is 1.96. The summed E-state index contributed by atoms with van der Waals surface area (Å²) >= 11 is 0. The summed E-state index contributed by atoms with van der Waals surface area (Å²) in [6, 6.07) is 12.8. The summed E-state index contributed by atoms with van der Waals surface area (Å²) in [5.41, 5.74) is 1.34. The molecule has 2 nitrogen and oxygen atoms in total. The second-order valence-electron chi connectivity index (χ2n) is 4.39. The highest BCUT2D eigenvalue weighted by atomic mass is 15.1. The van der Waals surface area contributed by atoms with Gasteiger partial charge in [-0.25, -0.2) is 0 Å². The number of hydrogen-bond acceptors (Lipinski definition) is 2. The molecule has 15 heavy (non-hydrogen) atoms. The van der Waals surface area contributed by atoms with Crippen molar-refractivity contribution in [3.63, 3.8) is 0 Å². The van der Waals surface area contributed by atoms with Crippen LogP contribution in [0.5, 0.6) is 0 Å². The maximum Gasteiger partial charge on any atom is 0.0672 e. The van der Waals surface area contributed by atoms with Crippen molar-refractivity contribution in [2.45, 2.75) is 13.5 Å². The molecular weight excluding hydrogens is 184 g/mol. The van der Waals surface area contributed by atoms with Crippen LogP contribution in [0.2, 0.25) is 0 Å².